The van der Waals surface area contributed by atoms with E-state index in [0.29, 0.717) is 17.3 Å². The number of hydrogen-bond donors (Lipinski definition) is 1. The summed E-state index contributed by atoms with van der Waals surface area (Å²) >= 11 is 1.50. The van der Waals surface area contributed by atoms with Gasteiger partial charge in [-0.1, -0.05) is 13.8 Å². The molecule has 2 aromatic heterocycles. The first kappa shape index (κ1) is 13.7. The Morgan fingerprint density at radius 1 is 1.32 bits per heavy atom. The van der Waals surface area contributed by atoms with Gasteiger partial charge in [0.05, 0.1) is 11.4 Å². The molecule has 19 heavy (non-hydrogen) atoms. The smallest absolute Gasteiger partial charge is 0.271 e. The standard InChI is InChI=1S/C14H17N3OS/c1-10(2)12-3-4-13(19-12)14(18)17(15)9-11-5-7-16-8-6-11/h3-8,10H,9,15H2,1-2H3. The average molecular weight is 275 g/mol. The minimum absolute atomic E-state index is 0.145. The van der Waals surface area contributed by atoms with Crippen molar-refractivity contribution in [2.75, 3.05) is 0 Å². The minimum Gasteiger partial charge on any atom is -0.271 e. The van der Waals surface area contributed by atoms with Crippen molar-refractivity contribution >= 4 is 17.2 Å². The van der Waals surface area contributed by atoms with E-state index >= 15 is 0 Å². The first-order valence-corrected chi connectivity index (χ1v) is 6.94. The second-order valence-corrected chi connectivity index (χ2v) is 5.76. The quantitative estimate of drug-likeness (QED) is 0.530. The first-order valence-electron chi connectivity index (χ1n) is 6.13. The summed E-state index contributed by atoms with van der Waals surface area (Å²) < 4.78 is 0. The van der Waals surface area contributed by atoms with Gasteiger partial charge in [-0.05, 0) is 35.7 Å². The zero-order chi connectivity index (χ0) is 13.8. The Morgan fingerprint density at radius 3 is 2.58 bits per heavy atom. The zero-order valence-electron chi connectivity index (χ0n) is 11.0. The molecule has 2 rings (SSSR count). The SMILES string of the molecule is CC(C)c1ccc(C(=O)N(N)Cc2ccncc2)s1. The van der Waals surface area contributed by atoms with Crippen LogP contribution in [-0.4, -0.2) is 15.9 Å². The highest BCUT2D eigenvalue weighted by molar-refractivity contribution is 7.14. The monoisotopic (exact) mass is 275 g/mol. The van der Waals surface area contributed by atoms with Gasteiger partial charge in [-0.25, -0.2) is 5.84 Å². The number of hydrogen-bond acceptors (Lipinski definition) is 4. The summed E-state index contributed by atoms with van der Waals surface area (Å²) in [6.07, 6.45) is 3.38. The number of pyridine rings is 1. The minimum atomic E-state index is -0.145. The van der Waals surface area contributed by atoms with Crippen LogP contribution >= 0.6 is 11.3 Å². The van der Waals surface area contributed by atoms with Crippen LogP contribution in [0.1, 0.15) is 39.9 Å². The van der Waals surface area contributed by atoms with Crippen molar-refractivity contribution in [1.82, 2.24) is 9.99 Å². The zero-order valence-corrected chi connectivity index (χ0v) is 11.9. The van der Waals surface area contributed by atoms with Crippen LogP contribution < -0.4 is 5.84 Å². The van der Waals surface area contributed by atoms with Crippen molar-refractivity contribution < 1.29 is 4.79 Å². The number of carbonyl (C=O) groups excluding carboxylic acids is 1. The summed E-state index contributed by atoms with van der Waals surface area (Å²) in [6, 6.07) is 7.53. The lowest BCUT2D eigenvalue weighted by Gasteiger charge is -2.15. The van der Waals surface area contributed by atoms with Crippen LogP contribution in [-0.2, 0) is 6.54 Å². The van der Waals surface area contributed by atoms with E-state index in [-0.39, 0.29) is 5.91 Å². The maximum Gasteiger partial charge on any atom is 0.278 e. The summed E-state index contributed by atoms with van der Waals surface area (Å²) in [4.78, 5) is 18.0. The second-order valence-electron chi connectivity index (χ2n) is 4.65. The lowest BCUT2D eigenvalue weighted by Crippen LogP contribution is -2.36. The van der Waals surface area contributed by atoms with Crippen molar-refractivity contribution in [3.63, 3.8) is 0 Å². The van der Waals surface area contributed by atoms with E-state index in [2.05, 4.69) is 18.8 Å². The molecule has 0 unspecified atom stereocenters. The van der Waals surface area contributed by atoms with E-state index < -0.39 is 0 Å². The third kappa shape index (κ3) is 3.39. The molecule has 2 heterocycles. The lowest BCUT2D eigenvalue weighted by molar-refractivity contribution is 0.0748. The van der Waals surface area contributed by atoms with Crippen LogP contribution in [0.2, 0.25) is 0 Å². The van der Waals surface area contributed by atoms with Gasteiger partial charge in [0, 0.05) is 17.3 Å². The number of carbonyl (C=O) groups is 1. The van der Waals surface area contributed by atoms with Crippen molar-refractivity contribution in [3.8, 4) is 0 Å². The highest BCUT2D eigenvalue weighted by Crippen LogP contribution is 2.25. The molecule has 100 valence electrons. The van der Waals surface area contributed by atoms with E-state index in [9.17, 15) is 4.79 Å². The molecule has 0 atom stereocenters. The fraction of sp³-hybridized carbons (Fsp3) is 0.286. The van der Waals surface area contributed by atoms with Gasteiger partial charge >= 0.3 is 0 Å². The predicted octanol–water partition coefficient (Wildman–Crippen LogP) is 2.78. The van der Waals surface area contributed by atoms with Gasteiger partial charge < -0.3 is 0 Å². The number of aromatic nitrogens is 1. The van der Waals surface area contributed by atoms with Crippen LogP contribution in [0.3, 0.4) is 0 Å². The molecule has 0 saturated heterocycles. The number of hydrazine groups is 1. The normalized spacial score (nSPS) is 10.7. The first-order chi connectivity index (χ1) is 9.08. The van der Waals surface area contributed by atoms with Crippen LogP contribution in [0, 0.1) is 0 Å². The summed E-state index contributed by atoms with van der Waals surface area (Å²) in [5.74, 6) is 6.12. The molecule has 0 aliphatic rings. The van der Waals surface area contributed by atoms with Crippen molar-refractivity contribution in [2.24, 2.45) is 5.84 Å². The Balaban J connectivity index is 2.06. The molecule has 0 aromatic carbocycles. The van der Waals surface area contributed by atoms with Gasteiger partial charge in [0.25, 0.3) is 5.91 Å². The molecular formula is C14H17N3OS. The Morgan fingerprint density at radius 2 is 2.00 bits per heavy atom. The van der Waals surface area contributed by atoms with Crippen molar-refractivity contribution in [3.05, 3.63) is 52.0 Å². The lowest BCUT2D eigenvalue weighted by atomic mass is 10.2. The molecule has 2 aromatic rings. The van der Waals surface area contributed by atoms with E-state index in [4.69, 9.17) is 5.84 Å². The third-order valence-corrected chi connectivity index (χ3v) is 4.14. The molecule has 0 radical (unpaired) electrons. The molecule has 0 spiro atoms. The van der Waals surface area contributed by atoms with Gasteiger partial charge in [0.1, 0.15) is 0 Å². The average Bonchev–Trinajstić information content (AvgIpc) is 2.88. The number of amides is 1. The fourth-order valence-electron chi connectivity index (χ4n) is 1.68. The van der Waals surface area contributed by atoms with Crippen LogP contribution in [0.15, 0.2) is 36.7 Å². The van der Waals surface area contributed by atoms with Gasteiger partial charge in [-0.2, -0.15) is 0 Å². The van der Waals surface area contributed by atoms with Gasteiger partial charge in [0.2, 0.25) is 0 Å². The molecule has 0 fully saturated rings. The largest absolute Gasteiger partial charge is 0.278 e. The summed E-state index contributed by atoms with van der Waals surface area (Å²) in [5.41, 5.74) is 0.964. The van der Waals surface area contributed by atoms with Crippen LogP contribution in [0.25, 0.3) is 0 Å². The Bertz CT molecular complexity index is 551. The highest BCUT2D eigenvalue weighted by Gasteiger charge is 2.16. The molecule has 2 N–H and O–H groups in total. The van der Waals surface area contributed by atoms with Gasteiger partial charge in [-0.3, -0.25) is 14.8 Å². The Labute approximate surface area is 116 Å². The van der Waals surface area contributed by atoms with E-state index in [1.807, 2.05) is 24.3 Å². The van der Waals surface area contributed by atoms with E-state index in [0.717, 1.165) is 5.56 Å². The third-order valence-electron chi connectivity index (χ3n) is 2.77. The molecule has 1 amide bonds. The Hall–Kier alpha value is -1.72. The van der Waals surface area contributed by atoms with Crippen molar-refractivity contribution in [1.29, 1.82) is 0 Å². The summed E-state index contributed by atoms with van der Waals surface area (Å²) in [7, 11) is 0. The molecule has 0 aliphatic carbocycles. The molecule has 5 heteroatoms. The molecule has 4 nitrogen and oxygen atoms in total. The predicted molar refractivity (Wildman–Crippen MR) is 76.7 cm³/mol. The molecular weight excluding hydrogens is 258 g/mol. The number of nitrogens with zero attached hydrogens (tertiary/aromatic N) is 2. The summed E-state index contributed by atoms with van der Waals surface area (Å²) in [6.45, 7) is 4.60. The van der Waals surface area contributed by atoms with Gasteiger partial charge in [-0.15, -0.1) is 11.3 Å². The molecule has 0 bridgehead atoms. The highest BCUT2D eigenvalue weighted by atomic mass is 32.1. The maximum atomic E-state index is 12.2. The second kappa shape index (κ2) is 5.95. The van der Waals surface area contributed by atoms with Gasteiger partial charge in [0.15, 0.2) is 0 Å². The number of thiophene rings is 1. The molecule has 0 saturated carbocycles. The van der Waals surface area contributed by atoms with E-state index in [1.165, 1.54) is 21.2 Å². The molecule has 0 aliphatic heterocycles. The topological polar surface area (TPSA) is 59.2 Å². The van der Waals surface area contributed by atoms with Crippen LogP contribution in [0.4, 0.5) is 0 Å². The summed E-state index contributed by atoms with van der Waals surface area (Å²) in [5, 5.41) is 1.24. The van der Waals surface area contributed by atoms with Crippen molar-refractivity contribution in [2.45, 2.75) is 26.3 Å². The van der Waals surface area contributed by atoms with E-state index in [1.54, 1.807) is 12.4 Å². The number of rotatable bonds is 4. The van der Waals surface area contributed by atoms with Crippen LogP contribution in [0.5, 0.6) is 0 Å². The fourth-order valence-corrected chi connectivity index (χ4v) is 2.64. The number of nitrogens with two attached hydrogens (primary N) is 1. The maximum absolute atomic E-state index is 12.2. The Kier molecular flexibility index (Phi) is 4.29.